The molecular formula is C16H19FN2O. The lowest BCUT2D eigenvalue weighted by molar-refractivity contribution is 0.0674. The normalized spacial score (nSPS) is 19.6. The van der Waals surface area contributed by atoms with E-state index in [-0.39, 0.29) is 11.7 Å². The zero-order valence-electron chi connectivity index (χ0n) is 11.9. The van der Waals surface area contributed by atoms with E-state index in [1.165, 1.54) is 12.5 Å². The van der Waals surface area contributed by atoms with Crippen LogP contribution in [0.3, 0.4) is 0 Å². The van der Waals surface area contributed by atoms with Gasteiger partial charge in [-0.15, -0.1) is 0 Å². The first-order valence-corrected chi connectivity index (χ1v) is 7.11. The van der Waals surface area contributed by atoms with Crippen LogP contribution >= 0.6 is 0 Å². The number of hydrogen-bond acceptors (Lipinski definition) is 1. The topological polar surface area (TPSA) is 25.2 Å². The summed E-state index contributed by atoms with van der Waals surface area (Å²) in [6.45, 7) is 3.76. The molecule has 1 aromatic carbocycles. The lowest BCUT2D eigenvalue weighted by atomic mass is 10.00. The Morgan fingerprint density at radius 1 is 1.40 bits per heavy atom. The molecule has 0 N–H and O–H groups in total. The minimum Gasteiger partial charge on any atom is -0.340 e. The summed E-state index contributed by atoms with van der Waals surface area (Å²) in [6.07, 6.45) is 2.22. The Morgan fingerprint density at radius 3 is 2.90 bits per heavy atom. The highest BCUT2D eigenvalue weighted by molar-refractivity contribution is 5.98. The molecule has 0 saturated carbocycles. The maximum Gasteiger partial charge on any atom is 0.270 e. The summed E-state index contributed by atoms with van der Waals surface area (Å²) >= 11 is 0. The van der Waals surface area contributed by atoms with Crippen molar-refractivity contribution in [3.05, 3.63) is 35.8 Å². The Kier molecular flexibility index (Phi) is 3.24. The summed E-state index contributed by atoms with van der Waals surface area (Å²) in [5.74, 6) is 0.276. The van der Waals surface area contributed by atoms with Gasteiger partial charge in [-0.05, 0) is 37.0 Å². The zero-order chi connectivity index (χ0) is 14.3. The number of hydrogen-bond donors (Lipinski definition) is 0. The van der Waals surface area contributed by atoms with Crippen molar-refractivity contribution in [1.82, 2.24) is 9.47 Å². The van der Waals surface area contributed by atoms with E-state index in [2.05, 4.69) is 6.92 Å². The van der Waals surface area contributed by atoms with E-state index in [4.69, 9.17) is 0 Å². The SMILES string of the molecule is CC1CCCN(C(=O)c2cc3c(F)cccc3n2C)C1. The maximum atomic E-state index is 13.8. The van der Waals surface area contributed by atoms with Crippen molar-refractivity contribution >= 4 is 16.8 Å². The molecule has 1 aliphatic heterocycles. The number of nitrogens with zero attached hydrogens (tertiary/aromatic N) is 2. The number of likely N-dealkylation sites (tertiary alicyclic amines) is 1. The van der Waals surface area contributed by atoms with Crippen molar-refractivity contribution in [2.45, 2.75) is 19.8 Å². The highest BCUT2D eigenvalue weighted by Gasteiger charge is 2.24. The van der Waals surface area contributed by atoms with Gasteiger partial charge in [0, 0.05) is 25.5 Å². The lowest BCUT2D eigenvalue weighted by Crippen LogP contribution is -2.39. The number of amides is 1. The predicted octanol–water partition coefficient (Wildman–Crippen LogP) is 3.19. The number of rotatable bonds is 1. The van der Waals surface area contributed by atoms with Crippen LogP contribution in [0.2, 0.25) is 0 Å². The summed E-state index contributed by atoms with van der Waals surface area (Å²) in [4.78, 5) is 14.5. The number of carbonyl (C=O) groups excluding carboxylic acids is 1. The fraction of sp³-hybridized carbons (Fsp3) is 0.438. The predicted molar refractivity (Wildman–Crippen MR) is 77.2 cm³/mol. The number of aromatic nitrogens is 1. The Bertz CT molecular complexity index is 662. The molecular weight excluding hydrogens is 255 g/mol. The van der Waals surface area contributed by atoms with Crippen LogP contribution in [0.4, 0.5) is 4.39 Å². The molecule has 0 bridgehead atoms. The van der Waals surface area contributed by atoms with Gasteiger partial charge in [0.25, 0.3) is 5.91 Å². The fourth-order valence-corrected chi connectivity index (χ4v) is 3.07. The molecule has 1 atom stereocenters. The second-order valence-electron chi connectivity index (χ2n) is 5.76. The molecule has 2 aromatic rings. The molecule has 0 spiro atoms. The second kappa shape index (κ2) is 4.93. The number of halogens is 1. The maximum absolute atomic E-state index is 13.8. The molecule has 3 nitrogen and oxygen atoms in total. The average Bonchev–Trinajstić information content (AvgIpc) is 2.77. The molecule has 4 heteroatoms. The van der Waals surface area contributed by atoms with Crippen molar-refractivity contribution in [3.8, 4) is 0 Å². The molecule has 1 saturated heterocycles. The Morgan fingerprint density at radius 2 is 2.20 bits per heavy atom. The molecule has 0 radical (unpaired) electrons. The van der Waals surface area contributed by atoms with Crippen LogP contribution in [0.5, 0.6) is 0 Å². The third kappa shape index (κ3) is 2.09. The van der Waals surface area contributed by atoms with Gasteiger partial charge in [0.1, 0.15) is 11.5 Å². The van der Waals surface area contributed by atoms with Crippen LogP contribution in [-0.4, -0.2) is 28.5 Å². The van der Waals surface area contributed by atoms with Crippen LogP contribution in [-0.2, 0) is 7.05 Å². The largest absolute Gasteiger partial charge is 0.340 e. The van der Waals surface area contributed by atoms with Crippen molar-refractivity contribution in [2.75, 3.05) is 13.1 Å². The summed E-state index contributed by atoms with van der Waals surface area (Å²) in [6, 6.07) is 6.62. The molecule has 1 amide bonds. The van der Waals surface area contributed by atoms with Gasteiger partial charge in [0.15, 0.2) is 0 Å². The first-order valence-electron chi connectivity index (χ1n) is 7.11. The Labute approximate surface area is 118 Å². The molecule has 1 fully saturated rings. The van der Waals surface area contributed by atoms with Gasteiger partial charge < -0.3 is 9.47 Å². The number of piperidine rings is 1. The van der Waals surface area contributed by atoms with Crippen LogP contribution in [0.25, 0.3) is 10.9 Å². The molecule has 3 rings (SSSR count). The van der Waals surface area contributed by atoms with Crippen LogP contribution in [0.1, 0.15) is 30.3 Å². The molecule has 106 valence electrons. The molecule has 1 unspecified atom stereocenters. The van der Waals surface area contributed by atoms with Gasteiger partial charge in [0.05, 0.1) is 5.52 Å². The van der Waals surface area contributed by atoms with Gasteiger partial charge in [0.2, 0.25) is 0 Å². The molecule has 2 heterocycles. The Balaban J connectivity index is 1.99. The van der Waals surface area contributed by atoms with E-state index in [1.807, 2.05) is 18.0 Å². The molecule has 1 aliphatic rings. The molecule has 0 aliphatic carbocycles. The van der Waals surface area contributed by atoms with E-state index in [0.29, 0.717) is 17.0 Å². The van der Waals surface area contributed by atoms with Crippen LogP contribution in [0.15, 0.2) is 24.3 Å². The van der Waals surface area contributed by atoms with Gasteiger partial charge in [-0.2, -0.15) is 0 Å². The van der Waals surface area contributed by atoms with Gasteiger partial charge in [-0.1, -0.05) is 13.0 Å². The number of aryl methyl sites for hydroxylation is 1. The fourth-order valence-electron chi connectivity index (χ4n) is 3.07. The third-order valence-corrected chi connectivity index (χ3v) is 4.20. The quantitative estimate of drug-likeness (QED) is 0.784. The first-order chi connectivity index (χ1) is 9.58. The van der Waals surface area contributed by atoms with Crippen molar-refractivity contribution in [3.63, 3.8) is 0 Å². The van der Waals surface area contributed by atoms with Crippen LogP contribution < -0.4 is 0 Å². The summed E-state index contributed by atoms with van der Waals surface area (Å²) < 4.78 is 15.6. The second-order valence-corrected chi connectivity index (χ2v) is 5.76. The van der Waals surface area contributed by atoms with Gasteiger partial charge in [-0.25, -0.2) is 4.39 Å². The minimum atomic E-state index is -0.274. The highest BCUT2D eigenvalue weighted by atomic mass is 19.1. The summed E-state index contributed by atoms with van der Waals surface area (Å²) in [7, 11) is 1.82. The first kappa shape index (κ1) is 13.2. The van der Waals surface area contributed by atoms with Crippen LogP contribution in [0, 0.1) is 11.7 Å². The smallest absolute Gasteiger partial charge is 0.270 e. The summed E-state index contributed by atoms with van der Waals surface area (Å²) in [5.41, 5.74) is 1.33. The lowest BCUT2D eigenvalue weighted by Gasteiger charge is -2.31. The number of benzene rings is 1. The minimum absolute atomic E-state index is 0.00894. The Hall–Kier alpha value is -1.84. The van der Waals surface area contributed by atoms with E-state index in [1.54, 1.807) is 16.7 Å². The summed E-state index contributed by atoms with van der Waals surface area (Å²) in [5, 5.41) is 0.517. The van der Waals surface area contributed by atoms with Crippen molar-refractivity contribution in [2.24, 2.45) is 13.0 Å². The van der Waals surface area contributed by atoms with Crippen molar-refractivity contribution in [1.29, 1.82) is 0 Å². The molecule has 20 heavy (non-hydrogen) atoms. The van der Waals surface area contributed by atoms with E-state index in [9.17, 15) is 9.18 Å². The highest BCUT2D eigenvalue weighted by Crippen LogP contribution is 2.24. The van der Waals surface area contributed by atoms with E-state index in [0.717, 1.165) is 25.0 Å². The zero-order valence-corrected chi connectivity index (χ0v) is 11.9. The monoisotopic (exact) mass is 274 g/mol. The molecule has 1 aromatic heterocycles. The van der Waals surface area contributed by atoms with E-state index < -0.39 is 0 Å². The van der Waals surface area contributed by atoms with Crippen molar-refractivity contribution < 1.29 is 9.18 Å². The standard InChI is InChI=1S/C16H19FN2O/c1-11-5-4-8-19(10-11)16(20)15-9-12-13(17)6-3-7-14(12)18(15)2/h3,6-7,9,11H,4-5,8,10H2,1-2H3. The number of carbonyl (C=O) groups is 1. The third-order valence-electron chi connectivity index (χ3n) is 4.20. The van der Waals surface area contributed by atoms with Gasteiger partial charge in [-0.3, -0.25) is 4.79 Å². The van der Waals surface area contributed by atoms with Gasteiger partial charge >= 0.3 is 0 Å². The number of fused-ring (bicyclic) bond motifs is 1. The van der Waals surface area contributed by atoms with E-state index >= 15 is 0 Å². The average molecular weight is 274 g/mol.